The molecule has 0 saturated heterocycles. The number of unbranched alkanes of at least 4 members (excludes halogenated alkanes) is 2. The third-order valence-corrected chi connectivity index (χ3v) is 4.55. The predicted molar refractivity (Wildman–Crippen MR) is 90.4 cm³/mol. The number of hydrogen-bond acceptors (Lipinski definition) is 3. The monoisotopic (exact) mass is 356 g/mol. The van der Waals surface area contributed by atoms with Gasteiger partial charge in [0.2, 0.25) is 0 Å². The van der Waals surface area contributed by atoms with Gasteiger partial charge >= 0.3 is 0 Å². The zero-order valence-corrected chi connectivity index (χ0v) is 14.7. The van der Waals surface area contributed by atoms with Crippen LogP contribution in [0.5, 0.6) is 0 Å². The number of nitrogens with one attached hydrogen (secondary N) is 1. The van der Waals surface area contributed by atoms with E-state index in [0.29, 0.717) is 11.0 Å². The first-order valence-corrected chi connectivity index (χ1v) is 8.29. The molecule has 0 heterocycles. The summed E-state index contributed by atoms with van der Waals surface area (Å²) in [5.74, 6) is 0. The van der Waals surface area contributed by atoms with E-state index in [9.17, 15) is 10.1 Å². The minimum atomic E-state index is -0.359. The Morgan fingerprint density at radius 3 is 2.67 bits per heavy atom. The summed E-state index contributed by atoms with van der Waals surface area (Å²) in [5.41, 5.74) is 1.30. The lowest BCUT2D eigenvalue weighted by atomic mass is 9.87. The van der Waals surface area contributed by atoms with Gasteiger partial charge in [-0.1, -0.05) is 52.2 Å². The highest BCUT2D eigenvalue weighted by atomic mass is 79.9. The van der Waals surface area contributed by atoms with Crippen molar-refractivity contribution in [3.8, 4) is 0 Å². The fourth-order valence-electron chi connectivity index (χ4n) is 2.32. The van der Waals surface area contributed by atoms with Crippen molar-refractivity contribution in [1.82, 2.24) is 5.32 Å². The molecule has 0 spiro atoms. The first kappa shape index (κ1) is 18.1. The Kier molecular flexibility index (Phi) is 7.32. The van der Waals surface area contributed by atoms with E-state index in [2.05, 4.69) is 42.0 Å². The third kappa shape index (κ3) is 6.14. The molecule has 118 valence electrons. The Balaban J connectivity index is 2.52. The maximum absolute atomic E-state index is 10.9. The second kappa shape index (κ2) is 8.49. The molecule has 0 aliphatic heterocycles. The van der Waals surface area contributed by atoms with Gasteiger partial charge in [0, 0.05) is 19.2 Å². The first-order valence-electron chi connectivity index (χ1n) is 7.50. The van der Waals surface area contributed by atoms with Crippen LogP contribution in [0.1, 0.15) is 52.0 Å². The molecule has 0 amide bonds. The van der Waals surface area contributed by atoms with Gasteiger partial charge in [-0.15, -0.1) is 0 Å². The smallest absolute Gasteiger partial charge is 0.283 e. The van der Waals surface area contributed by atoms with E-state index >= 15 is 0 Å². The fourth-order valence-corrected chi connectivity index (χ4v) is 2.87. The molecule has 1 N–H and O–H groups in total. The summed E-state index contributed by atoms with van der Waals surface area (Å²) in [5, 5.41) is 14.3. The lowest BCUT2D eigenvalue weighted by Gasteiger charge is -2.25. The molecule has 0 fully saturated rings. The molecule has 1 aromatic carbocycles. The quantitative estimate of drug-likeness (QED) is 0.382. The number of hydrogen-bond donors (Lipinski definition) is 1. The van der Waals surface area contributed by atoms with Crippen LogP contribution in [0.4, 0.5) is 5.69 Å². The maximum atomic E-state index is 10.9. The summed E-state index contributed by atoms with van der Waals surface area (Å²) < 4.78 is 0.575. The number of rotatable bonds is 9. The van der Waals surface area contributed by atoms with Crippen LogP contribution >= 0.6 is 15.9 Å². The molecule has 0 unspecified atom stereocenters. The summed E-state index contributed by atoms with van der Waals surface area (Å²) in [6, 6.07) is 5.16. The van der Waals surface area contributed by atoms with Crippen molar-refractivity contribution in [3.05, 3.63) is 38.3 Å². The lowest BCUT2D eigenvalue weighted by molar-refractivity contribution is -0.385. The van der Waals surface area contributed by atoms with Crippen molar-refractivity contribution in [2.75, 3.05) is 6.54 Å². The molecule has 1 rings (SSSR count). The van der Waals surface area contributed by atoms with E-state index in [0.717, 1.165) is 12.1 Å². The second-order valence-electron chi connectivity index (χ2n) is 6.23. The zero-order valence-electron chi connectivity index (χ0n) is 13.1. The molecule has 1 aromatic rings. The van der Waals surface area contributed by atoms with E-state index in [-0.39, 0.29) is 16.0 Å². The van der Waals surface area contributed by atoms with Crippen LogP contribution in [-0.4, -0.2) is 11.5 Å². The molecule has 0 radical (unpaired) electrons. The van der Waals surface area contributed by atoms with Gasteiger partial charge in [0.25, 0.3) is 5.69 Å². The van der Waals surface area contributed by atoms with Crippen LogP contribution in [-0.2, 0) is 6.54 Å². The van der Waals surface area contributed by atoms with Crippen molar-refractivity contribution in [2.45, 2.75) is 53.0 Å². The lowest BCUT2D eigenvalue weighted by Crippen LogP contribution is -2.29. The van der Waals surface area contributed by atoms with Crippen LogP contribution in [0, 0.1) is 15.5 Å². The number of halogens is 1. The van der Waals surface area contributed by atoms with Crippen molar-refractivity contribution in [2.24, 2.45) is 5.41 Å². The van der Waals surface area contributed by atoms with Gasteiger partial charge in [-0.25, -0.2) is 0 Å². The minimum Gasteiger partial charge on any atom is -0.312 e. The molecule has 4 nitrogen and oxygen atoms in total. The van der Waals surface area contributed by atoms with Crippen molar-refractivity contribution < 1.29 is 4.92 Å². The van der Waals surface area contributed by atoms with E-state index < -0.39 is 0 Å². The van der Waals surface area contributed by atoms with Crippen LogP contribution in [0.2, 0.25) is 0 Å². The van der Waals surface area contributed by atoms with Crippen molar-refractivity contribution in [3.63, 3.8) is 0 Å². The molecule has 0 atom stereocenters. The summed E-state index contributed by atoms with van der Waals surface area (Å²) in [6.45, 7) is 8.28. The zero-order chi connectivity index (χ0) is 15.9. The SMILES string of the molecule is CCCCCC(C)(C)CNCc1cccc([N+](=O)[O-])c1Br. The second-order valence-corrected chi connectivity index (χ2v) is 7.03. The molecule has 0 bridgehead atoms. The number of benzene rings is 1. The molecular weight excluding hydrogens is 332 g/mol. The molecule has 21 heavy (non-hydrogen) atoms. The molecule has 0 aliphatic carbocycles. The average molecular weight is 357 g/mol. The molecular formula is C16H25BrN2O2. The number of nitro benzene ring substituents is 1. The van der Waals surface area contributed by atoms with Crippen LogP contribution in [0.25, 0.3) is 0 Å². The highest BCUT2D eigenvalue weighted by Gasteiger charge is 2.18. The van der Waals surface area contributed by atoms with E-state index in [4.69, 9.17) is 0 Å². The van der Waals surface area contributed by atoms with E-state index in [1.165, 1.54) is 31.7 Å². The summed E-state index contributed by atoms with van der Waals surface area (Å²) in [7, 11) is 0. The van der Waals surface area contributed by atoms with Crippen LogP contribution in [0.3, 0.4) is 0 Å². The number of nitrogens with zero attached hydrogens (tertiary/aromatic N) is 1. The predicted octanol–water partition coefficient (Wildman–Crippen LogP) is 5.05. The Labute approximate surface area is 135 Å². The number of nitro groups is 1. The Morgan fingerprint density at radius 2 is 2.05 bits per heavy atom. The summed E-state index contributed by atoms with van der Waals surface area (Å²) in [6.07, 6.45) is 4.97. The van der Waals surface area contributed by atoms with Gasteiger partial charge in [-0.2, -0.15) is 0 Å². The Bertz CT molecular complexity index is 475. The van der Waals surface area contributed by atoms with E-state index in [1.54, 1.807) is 6.07 Å². The topological polar surface area (TPSA) is 55.2 Å². The molecule has 0 aromatic heterocycles. The Morgan fingerprint density at radius 1 is 1.33 bits per heavy atom. The van der Waals surface area contributed by atoms with Gasteiger partial charge in [0.05, 0.1) is 9.40 Å². The maximum Gasteiger partial charge on any atom is 0.283 e. The van der Waals surface area contributed by atoms with Gasteiger partial charge in [0.1, 0.15) is 0 Å². The standard InChI is InChI=1S/C16H25BrN2O2/c1-4-5-6-10-16(2,3)12-18-11-13-8-7-9-14(15(13)17)19(20)21/h7-9,18H,4-6,10-12H2,1-3H3. The van der Waals surface area contributed by atoms with Crippen molar-refractivity contribution in [1.29, 1.82) is 0 Å². The van der Waals surface area contributed by atoms with Crippen LogP contribution in [0.15, 0.2) is 22.7 Å². The molecule has 5 heteroatoms. The van der Waals surface area contributed by atoms with Gasteiger partial charge in [0.15, 0.2) is 0 Å². The fraction of sp³-hybridized carbons (Fsp3) is 0.625. The average Bonchev–Trinajstić information content (AvgIpc) is 2.40. The van der Waals surface area contributed by atoms with Gasteiger partial charge in [-0.3, -0.25) is 10.1 Å². The summed E-state index contributed by atoms with van der Waals surface area (Å²) in [4.78, 5) is 10.6. The molecule has 0 saturated carbocycles. The van der Waals surface area contributed by atoms with Crippen LogP contribution < -0.4 is 5.32 Å². The highest BCUT2D eigenvalue weighted by molar-refractivity contribution is 9.10. The largest absolute Gasteiger partial charge is 0.312 e. The Hall–Kier alpha value is -0.940. The normalized spacial score (nSPS) is 11.6. The highest BCUT2D eigenvalue weighted by Crippen LogP contribution is 2.28. The summed E-state index contributed by atoms with van der Waals surface area (Å²) >= 11 is 3.33. The van der Waals surface area contributed by atoms with Gasteiger partial charge < -0.3 is 5.32 Å². The molecule has 0 aliphatic rings. The van der Waals surface area contributed by atoms with Gasteiger partial charge in [-0.05, 0) is 33.3 Å². The van der Waals surface area contributed by atoms with Crippen molar-refractivity contribution >= 4 is 21.6 Å². The first-order chi connectivity index (χ1) is 9.87. The van der Waals surface area contributed by atoms with E-state index in [1.807, 2.05) is 6.07 Å². The minimum absolute atomic E-state index is 0.122. The third-order valence-electron chi connectivity index (χ3n) is 3.63.